The number of para-hydroxylation sites is 1. The topological polar surface area (TPSA) is 3.24 Å². The zero-order valence-electron chi connectivity index (χ0n) is 12.9. The molecule has 4 rings (SSSR count). The van der Waals surface area contributed by atoms with Crippen LogP contribution in [0.25, 0.3) is 0 Å². The number of hydrogen-bond donors (Lipinski definition) is 0. The molecule has 2 atom stereocenters. The predicted octanol–water partition coefficient (Wildman–Crippen LogP) is 5.05. The van der Waals surface area contributed by atoms with Gasteiger partial charge in [0.2, 0.25) is 0 Å². The molecule has 22 heavy (non-hydrogen) atoms. The highest BCUT2D eigenvalue weighted by Crippen LogP contribution is 2.42. The molecule has 0 amide bonds. The molecule has 1 aliphatic carbocycles. The van der Waals surface area contributed by atoms with Crippen LogP contribution in [0, 0.1) is 5.92 Å². The standard InChI is InChI=1S/C20H23N.ClH/c1-2-9-18(10-3-1)21-14-6-8-17(15-21)20-13-12-16-7-4-5-11-19(16)20;/h1-5,7,9-11,17,20H,6,8,12-15H2;1H. The Labute approximate surface area is 139 Å². The lowest BCUT2D eigenvalue weighted by molar-refractivity contribution is 0.348. The zero-order chi connectivity index (χ0) is 14.1. The molecule has 0 N–H and O–H groups in total. The van der Waals surface area contributed by atoms with Gasteiger partial charge in [-0.3, -0.25) is 0 Å². The van der Waals surface area contributed by atoms with Gasteiger partial charge in [0.1, 0.15) is 0 Å². The number of hydrogen-bond acceptors (Lipinski definition) is 1. The second-order valence-corrected chi connectivity index (χ2v) is 6.53. The fourth-order valence-corrected chi connectivity index (χ4v) is 4.29. The van der Waals surface area contributed by atoms with Crippen LogP contribution in [0.5, 0.6) is 0 Å². The maximum absolute atomic E-state index is 2.59. The molecule has 1 saturated heterocycles. The van der Waals surface area contributed by atoms with E-state index in [1.165, 1.54) is 44.5 Å². The van der Waals surface area contributed by atoms with Crippen LogP contribution in [0.1, 0.15) is 36.3 Å². The van der Waals surface area contributed by atoms with Crippen LogP contribution in [0.15, 0.2) is 54.6 Å². The Morgan fingerprint density at radius 1 is 0.864 bits per heavy atom. The van der Waals surface area contributed by atoms with Crippen LogP contribution in [-0.4, -0.2) is 13.1 Å². The van der Waals surface area contributed by atoms with Gasteiger partial charge in [0.25, 0.3) is 0 Å². The van der Waals surface area contributed by atoms with Crippen LogP contribution < -0.4 is 4.90 Å². The Kier molecular flexibility index (Phi) is 4.73. The lowest BCUT2D eigenvalue weighted by Gasteiger charge is -2.37. The number of rotatable bonds is 2. The van der Waals surface area contributed by atoms with Crippen LogP contribution >= 0.6 is 12.4 Å². The largest absolute Gasteiger partial charge is 0.371 e. The van der Waals surface area contributed by atoms with Crippen molar-refractivity contribution in [2.24, 2.45) is 5.92 Å². The summed E-state index contributed by atoms with van der Waals surface area (Å²) in [6.45, 7) is 2.44. The summed E-state index contributed by atoms with van der Waals surface area (Å²) in [7, 11) is 0. The van der Waals surface area contributed by atoms with E-state index >= 15 is 0 Å². The van der Waals surface area contributed by atoms with E-state index in [1.54, 1.807) is 11.1 Å². The number of benzene rings is 2. The molecule has 2 aromatic rings. The summed E-state index contributed by atoms with van der Waals surface area (Å²) in [6.07, 6.45) is 5.36. The normalized spacial score (nSPS) is 23.7. The van der Waals surface area contributed by atoms with Crippen molar-refractivity contribution in [3.8, 4) is 0 Å². The molecular formula is C20H24ClN. The molecule has 0 spiro atoms. The lowest BCUT2D eigenvalue weighted by Crippen LogP contribution is -2.37. The monoisotopic (exact) mass is 313 g/mol. The lowest BCUT2D eigenvalue weighted by atomic mass is 9.82. The first kappa shape index (κ1) is 15.4. The van der Waals surface area contributed by atoms with Gasteiger partial charge in [0, 0.05) is 18.8 Å². The predicted molar refractivity (Wildman–Crippen MR) is 96.1 cm³/mol. The fraction of sp³-hybridized carbons (Fsp3) is 0.400. The summed E-state index contributed by atoms with van der Waals surface area (Å²) in [6, 6.07) is 20.0. The second-order valence-electron chi connectivity index (χ2n) is 6.53. The summed E-state index contributed by atoms with van der Waals surface area (Å²) in [4.78, 5) is 2.59. The Morgan fingerprint density at radius 2 is 1.64 bits per heavy atom. The molecule has 0 aromatic heterocycles. The average molecular weight is 314 g/mol. The molecule has 1 aliphatic heterocycles. The number of halogens is 1. The summed E-state index contributed by atoms with van der Waals surface area (Å²) >= 11 is 0. The summed E-state index contributed by atoms with van der Waals surface area (Å²) in [5, 5.41) is 0. The first-order valence-electron chi connectivity index (χ1n) is 8.29. The molecule has 1 nitrogen and oxygen atoms in total. The van der Waals surface area contributed by atoms with E-state index in [0.717, 1.165) is 11.8 Å². The van der Waals surface area contributed by atoms with Gasteiger partial charge in [-0.15, -0.1) is 12.4 Å². The van der Waals surface area contributed by atoms with Crippen molar-refractivity contribution in [1.82, 2.24) is 0 Å². The summed E-state index contributed by atoms with van der Waals surface area (Å²) < 4.78 is 0. The van der Waals surface area contributed by atoms with Crippen LogP contribution in [0.4, 0.5) is 5.69 Å². The maximum Gasteiger partial charge on any atom is 0.0366 e. The Hall–Kier alpha value is -1.47. The molecule has 0 radical (unpaired) electrons. The molecule has 0 bridgehead atoms. The van der Waals surface area contributed by atoms with Gasteiger partial charge in [-0.05, 0) is 60.8 Å². The maximum atomic E-state index is 2.59. The smallest absolute Gasteiger partial charge is 0.0366 e. The molecular weight excluding hydrogens is 290 g/mol. The van der Waals surface area contributed by atoms with Gasteiger partial charge >= 0.3 is 0 Å². The Balaban J connectivity index is 0.00000144. The molecule has 1 fully saturated rings. The van der Waals surface area contributed by atoms with Crippen molar-refractivity contribution in [3.63, 3.8) is 0 Å². The minimum absolute atomic E-state index is 0. The van der Waals surface area contributed by atoms with E-state index in [0.29, 0.717) is 0 Å². The third-order valence-electron chi connectivity index (χ3n) is 5.33. The number of fused-ring (bicyclic) bond motifs is 1. The van der Waals surface area contributed by atoms with Crippen molar-refractivity contribution < 1.29 is 0 Å². The van der Waals surface area contributed by atoms with Crippen LogP contribution in [-0.2, 0) is 6.42 Å². The summed E-state index contributed by atoms with van der Waals surface area (Å²) in [5.74, 6) is 1.61. The molecule has 0 saturated carbocycles. The highest BCUT2D eigenvalue weighted by atomic mass is 35.5. The number of piperidine rings is 1. The van der Waals surface area contributed by atoms with Gasteiger partial charge in [0.05, 0.1) is 0 Å². The average Bonchev–Trinajstić information content (AvgIpc) is 3.00. The van der Waals surface area contributed by atoms with E-state index in [-0.39, 0.29) is 12.4 Å². The van der Waals surface area contributed by atoms with E-state index in [2.05, 4.69) is 59.5 Å². The fourth-order valence-electron chi connectivity index (χ4n) is 4.29. The van der Waals surface area contributed by atoms with Crippen molar-refractivity contribution in [2.45, 2.75) is 31.6 Å². The first-order valence-corrected chi connectivity index (χ1v) is 8.29. The molecule has 2 aromatic carbocycles. The van der Waals surface area contributed by atoms with Gasteiger partial charge in [-0.25, -0.2) is 0 Å². The van der Waals surface area contributed by atoms with E-state index in [1.807, 2.05) is 0 Å². The van der Waals surface area contributed by atoms with E-state index < -0.39 is 0 Å². The van der Waals surface area contributed by atoms with Crippen molar-refractivity contribution in [3.05, 3.63) is 65.7 Å². The third-order valence-corrected chi connectivity index (χ3v) is 5.33. The summed E-state index contributed by atoms with van der Waals surface area (Å²) in [5.41, 5.74) is 4.63. The minimum atomic E-state index is 0. The third kappa shape index (κ3) is 2.87. The molecule has 1 heterocycles. The van der Waals surface area contributed by atoms with E-state index in [4.69, 9.17) is 0 Å². The Morgan fingerprint density at radius 3 is 2.50 bits per heavy atom. The van der Waals surface area contributed by atoms with Crippen molar-refractivity contribution in [1.29, 1.82) is 0 Å². The number of nitrogens with zero attached hydrogens (tertiary/aromatic N) is 1. The van der Waals surface area contributed by atoms with E-state index in [9.17, 15) is 0 Å². The SMILES string of the molecule is Cl.c1ccc(N2CCCC(C3CCc4ccccc43)C2)cc1. The molecule has 2 aliphatic rings. The van der Waals surface area contributed by atoms with Gasteiger partial charge in [-0.1, -0.05) is 42.5 Å². The Bertz CT molecular complexity index is 610. The molecule has 2 heteroatoms. The highest BCUT2D eigenvalue weighted by molar-refractivity contribution is 5.85. The van der Waals surface area contributed by atoms with Gasteiger partial charge in [-0.2, -0.15) is 0 Å². The van der Waals surface area contributed by atoms with Crippen molar-refractivity contribution in [2.75, 3.05) is 18.0 Å². The highest BCUT2D eigenvalue weighted by Gasteiger charge is 2.32. The first-order chi connectivity index (χ1) is 10.4. The van der Waals surface area contributed by atoms with Crippen LogP contribution in [0.3, 0.4) is 0 Å². The van der Waals surface area contributed by atoms with Gasteiger partial charge < -0.3 is 4.90 Å². The molecule has 2 unspecified atom stereocenters. The zero-order valence-corrected chi connectivity index (χ0v) is 13.8. The van der Waals surface area contributed by atoms with Crippen LogP contribution in [0.2, 0.25) is 0 Å². The minimum Gasteiger partial charge on any atom is -0.371 e. The number of anilines is 1. The quantitative estimate of drug-likeness (QED) is 0.749. The number of aryl methyl sites for hydroxylation is 1. The molecule has 116 valence electrons. The second kappa shape index (κ2) is 6.75. The van der Waals surface area contributed by atoms with Gasteiger partial charge in [0.15, 0.2) is 0 Å². The van der Waals surface area contributed by atoms with Crippen molar-refractivity contribution >= 4 is 18.1 Å².